The van der Waals surface area contributed by atoms with Gasteiger partial charge in [0.2, 0.25) is 10.0 Å². The lowest BCUT2D eigenvalue weighted by Gasteiger charge is -2.32. The smallest absolute Gasteiger partial charge is 0.223 e. The number of nitrogens with two attached hydrogens (primary N) is 1. The average molecular weight is 278 g/mol. The summed E-state index contributed by atoms with van der Waals surface area (Å²) < 4.78 is 25.8. The first-order chi connectivity index (χ1) is 7.89. The lowest BCUT2D eigenvalue weighted by atomic mass is 9.94. The molecule has 2 N–H and O–H groups in total. The molecule has 1 heterocycles. The number of piperidine rings is 1. The molecule has 0 radical (unpaired) electrons. The fourth-order valence-electron chi connectivity index (χ4n) is 2.23. The molecule has 1 rings (SSSR count). The van der Waals surface area contributed by atoms with Crippen molar-refractivity contribution in [3.05, 3.63) is 0 Å². The Kier molecular flexibility index (Phi) is 5.34. The van der Waals surface area contributed by atoms with Crippen LogP contribution in [0.3, 0.4) is 0 Å². The van der Waals surface area contributed by atoms with Crippen molar-refractivity contribution < 1.29 is 8.42 Å². The van der Waals surface area contributed by atoms with Crippen LogP contribution in [0.4, 0.5) is 0 Å². The summed E-state index contributed by atoms with van der Waals surface area (Å²) in [5.74, 6) is 0.673. The van der Waals surface area contributed by atoms with Crippen LogP contribution >= 0.6 is 12.2 Å². The van der Waals surface area contributed by atoms with E-state index in [9.17, 15) is 8.42 Å². The van der Waals surface area contributed by atoms with Crippen molar-refractivity contribution in [2.75, 3.05) is 13.1 Å². The normalized spacial score (nSPS) is 21.3. The first kappa shape index (κ1) is 14.9. The molecule has 100 valence electrons. The highest BCUT2D eigenvalue weighted by Crippen LogP contribution is 2.24. The predicted octanol–water partition coefficient (Wildman–Crippen LogP) is 1.50. The maximum Gasteiger partial charge on any atom is 0.223 e. The molecule has 0 aromatic rings. The summed E-state index contributed by atoms with van der Waals surface area (Å²) >= 11 is 4.77. The van der Waals surface area contributed by atoms with E-state index in [2.05, 4.69) is 6.92 Å². The SMILES string of the molecule is CCCC1CCN(S(=O)(=O)C(C)C(N)=S)CC1. The molecule has 1 atom stereocenters. The number of thiocarbonyl (C=S) groups is 1. The first-order valence-corrected chi connectivity index (χ1v) is 8.09. The van der Waals surface area contributed by atoms with Crippen LogP contribution in [0.1, 0.15) is 39.5 Å². The molecule has 17 heavy (non-hydrogen) atoms. The molecule has 4 nitrogen and oxygen atoms in total. The topological polar surface area (TPSA) is 63.4 Å². The van der Waals surface area contributed by atoms with Crippen molar-refractivity contribution in [3.63, 3.8) is 0 Å². The molecule has 6 heteroatoms. The van der Waals surface area contributed by atoms with Crippen molar-refractivity contribution in [1.82, 2.24) is 4.31 Å². The van der Waals surface area contributed by atoms with Crippen LogP contribution in [-0.2, 0) is 10.0 Å². The Morgan fingerprint density at radius 2 is 2.00 bits per heavy atom. The van der Waals surface area contributed by atoms with Gasteiger partial charge in [-0.3, -0.25) is 0 Å². The molecule has 1 aliphatic rings. The monoisotopic (exact) mass is 278 g/mol. The highest BCUT2D eigenvalue weighted by atomic mass is 32.2. The molecule has 1 saturated heterocycles. The van der Waals surface area contributed by atoms with E-state index >= 15 is 0 Å². The molecule has 1 fully saturated rings. The molecule has 0 bridgehead atoms. The third-order valence-corrected chi connectivity index (χ3v) is 6.21. The zero-order chi connectivity index (χ0) is 13.1. The van der Waals surface area contributed by atoms with Crippen LogP contribution in [-0.4, -0.2) is 36.1 Å². The molecule has 0 aliphatic carbocycles. The highest BCUT2D eigenvalue weighted by molar-refractivity contribution is 7.92. The molecular weight excluding hydrogens is 256 g/mol. The zero-order valence-electron chi connectivity index (χ0n) is 10.6. The van der Waals surface area contributed by atoms with Crippen LogP contribution in [0.2, 0.25) is 0 Å². The van der Waals surface area contributed by atoms with Crippen molar-refractivity contribution in [2.24, 2.45) is 11.7 Å². The third kappa shape index (κ3) is 3.63. The third-order valence-electron chi connectivity index (χ3n) is 3.48. The van der Waals surface area contributed by atoms with Gasteiger partial charge in [0.05, 0.1) is 4.99 Å². The van der Waals surface area contributed by atoms with Gasteiger partial charge in [-0.2, -0.15) is 0 Å². The van der Waals surface area contributed by atoms with Crippen LogP contribution < -0.4 is 5.73 Å². The Balaban J connectivity index is 2.62. The van der Waals surface area contributed by atoms with Gasteiger partial charge in [-0.15, -0.1) is 0 Å². The summed E-state index contributed by atoms with van der Waals surface area (Å²) in [6.07, 6.45) is 4.27. The van der Waals surface area contributed by atoms with E-state index in [0.29, 0.717) is 19.0 Å². The maximum absolute atomic E-state index is 12.2. The molecule has 0 aromatic carbocycles. The van der Waals surface area contributed by atoms with Crippen LogP contribution in [0.5, 0.6) is 0 Å². The van der Waals surface area contributed by atoms with E-state index in [0.717, 1.165) is 12.8 Å². The minimum absolute atomic E-state index is 0.0562. The van der Waals surface area contributed by atoms with E-state index in [-0.39, 0.29) is 4.99 Å². The quantitative estimate of drug-likeness (QED) is 0.774. The Morgan fingerprint density at radius 1 is 1.47 bits per heavy atom. The van der Waals surface area contributed by atoms with Crippen LogP contribution in [0, 0.1) is 5.92 Å². The van der Waals surface area contributed by atoms with E-state index in [1.807, 2.05) is 0 Å². The van der Waals surface area contributed by atoms with Gasteiger partial charge in [0, 0.05) is 13.1 Å². The van der Waals surface area contributed by atoms with E-state index < -0.39 is 15.3 Å². The summed E-state index contributed by atoms with van der Waals surface area (Å²) in [5, 5.41) is -0.750. The minimum atomic E-state index is -3.33. The standard InChI is InChI=1S/C11H22N2O2S2/c1-3-4-10-5-7-13(8-6-10)17(14,15)9(2)11(12)16/h9-10H,3-8H2,1-2H3,(H2,12,16). The van der Waals surface area contributed by atoms with Gasteiger partial charge in [-0.25, -0.2) is 12.7 Å². The van der Waals surface area contributed by atoms with Gasteiger partial charge in [0.15, 0.2) is 0 Å². The summed E-state index contributed by atoms with van der Waals surface area (Å²) in [5.41, 5.74) is 5.43. The van der Waals surface area contributed by atoms with E-state index in [4.69, 9.17) is 18.0 Å². The van der Waals surface area contributed by atoms with Crippen molar-refractivity contribution in [3.8, 4) is 0 Å². The van der Waals surface area contributed by atoms with E-state index in [1.54, 1.807) is 11.2 Å². The fourth-order valence-corrected chi connectivity index (χ4v) is 4.06. The minimum Gasteiger partial charge on any atom is -0.392 e. The predicted molar refractivity (Wildman–Crippen MR) is 74.4 cm³/mol. The summed E-state index contributed by atoms with van der Waals surface area (Å²) in [6, 6.07) is 0. The highest BCUT2D eigenvalue weighted by Gasteiger charge is 2.33. The fraction of sp³-hybridized carbons (Fsp3) is 0.909. The van der Waals surface area contributed by atoms with Gasteiger partial charge in [0.1, 0.15) is 5.25 Å². The molecule has 1 unspecified atom stereocenters. The van der Waals surface area contributed by atoms with Gasteiger partial charge < -0.3 is 5.73 Å². The Bertz CT molecular complexity index is 360. The molecule has 0 amide bonds. The summed E-state index contributed by atoms with van der Waals surface area (Å²) in [7, 11) is -3.33. The number of hydrogen-bond acceptors (Lipinski definition) is 3. The zero-order valence-corrected chi connectivity index (χ0v) is 12.2. The second-order valence-electron chi connectivity index (χ2n) is 4.72. The lowest BCUT2D eigenvalue weighted by molar-refractivity contribution is 0.262. The molecule has 0 spiro atoms. The van der Waals surface area contributed by atoms with Crippen molar-refractivity contribution in [2.45, 2.75) is 44.8 Å². The number of hydrogen-bond donors (Lipinski definition) is 1. The maximum atomic E-state index is 12.2. The average Bonchev–Trinajstić information content (AvgIpc) is 2.29. The van der Waals surface area contributed by atoms with Crippen molar-refractivity contribution >= 4 is 27.2 Å². The molecule has 0 aromatic heterocycles. The van der Waals surface area contributed by atoms with Crippen LogP contribution in [0.15, 0.2) is 0 Å². The Hall–Kier alpha value is -0.200. The number of sulfonamides is 1. The van der Waals surface area contributed by atoms with Gasteiger partial charge in [-0.1, -0.05) is 32.0 Å². The number of nitrogens with zero attached hydrogens (tertiary/aromatic N) is 1. The largest absolute Gasteiger partial charge is 0.392 e. The Labute approximate surface area is 110 Å². The molecule has 0 saturated carbocycles. The van der Waals surface area contributed by atoms with E-state index in [1.165, 1.54) is 12.8 Å². The van der Waals surface area contributed by atoms with Gasteiger partial charge in [-0.05, 0) is 25.7 Å². The first-order valence-electron chi connectivity index (χ1n) is 6.17. The molecule has 1 aliphatic heterocycles. The van der Waals surface area contributed by atoms with Crippen LogP contribution in [0.25, 0.3) is 0 Å². The summed E-state index contributed by atoms with van der Waals surface area (Å²) in [4.78, 5) is 0.0562. The van der Waals surface area contributed by atoms with Gasteiger partial charge in [0.25, 0.3) is 0 Å². The van der Waals surface area contributed by atoms with Gasteiger partial charge >= 0.3 is 0 Å². The second-order valence-corrected chi connectivity index (χ2v) is 7.45. The number of rotatable bonds is 5. The second kappa shape index (κ2) is 6.11. The molecular formula is C11H22N2O2S2. The Morgan fingerprint density at radius 3 is 2.41 bits per heavy atom. The summed E-state index contributed by atoms with van der Waals surface area (Å²) in [6.45, 7) is 4.95. The lowest BCUT2D eigenvalue weighted by Crippen LogP contribution is -2.46. The van der Waals surface area contributed by atoms with Crippen molar-refractivity contribution in [1.29, 1.82) is 0 Å².